The molecule has 5 nitrogen and oxygen atoms in total. The number of hydrogen-bond donors (Lipinski definition) is 2. The Kier molecular flexibility index (Phi) is 6.87. The average Bonchev–Trinajstić information content (AvgIpc) is 3.17. The van der Waals surface area contributed by atoms with Crippen LogP contribution in [0.15, 0.2) is 0 Å². The fourth-order valence-corrected chi connectivity index (χ4v) is 8.00. The van der Waals surface area contributed by atoms with Crippen molar-refractivity contribution in [3.63, 3.8) is 0 Å². The van der Waals surface area contributed by atoms with Gasteiger partial charge in [-0.05, 0) is 62.5 Å². The van der Waals surface area contributed by atoms with Crippen LogP contribution in [0.25, 0.3) is 0 Å². The lowest BCUT2D eigenvalue weighted by atomic mass is 9.80. The van der Waals surface area contributed by atoms with Gasteiger partial charge in [0.2, 0.25) is 0 Å². The zero-order valence-electron chi connectivity index (χ0n) is 18.7. The zero-order chi connectivity index (χ0) is 21.2. The molecule has 3 fully saturated rings. The topological polar surface area (TPSA) is 61.8 Å². The number of thiophene rings is 1. The highest BCUT2D eigenvalue weighted by Crippen LogP contribution is 2.51. The molecule has 0 radical (unpaired) electrons. The third-order valence-electron chi connectivity index (χ3n) is 8.08. The van der Waals surface area contributed by atoms with Crippen LogP contribution in [0.1, 0.15) is 116 Å². The van der Waals surface area contributed by atoms with E-state index in [0.29, 0.717) is 17.5 Å². The van der Waals surface area contributed by atoms with Crippen LogP contribution < -0.4 is 5.32 Å². The summed E-state index contributed by atoms with van der Waals surface area (Å²) in [4.78, 5) is 16.4. The molecule has 4 aliphatic rings. The summed E-state index contributed by atoms with van der Waals surface area (Å²) in [5, 5.41) is 14.5. The lowest BCUT2D eigenvalue weighted by Gasteiger charge is -2.43. The Bertz CT molecular complexity index is 767. The van der Waals surface area contributed by atoms with Crippen molar-refractivity contribution >= 4 is 22.3 Å². The van der Waals surface area contributed by atoms with E-state index in [1.54, 1.807) is 11.3 Å². The van der Waals surface area contributed by atoms with Gasteiger partial charge in [0.1, 0.15) is 11.2 Å². The minimum atomic E-state index is -0.768. The Morgan fingerprint density at radius 3 is 2.68 bits per heavy atom. The van der Waals surface area contributed by atoms with E-state index < -0.39 is 5.97 Å². The van der Waals surface area contributed by atoms with Gasteiger partial charge in [-0.25, -0.2) is 4.79 Å². The number of hydrogen-bond acceptors (Lipinski definition) is 5. The molecule has 2 saturated heterocycles. The van der Waals surface area contributed by atoms with E-state index in [-0.39, 0.29) is 6.23 Å². The minimum Gasteiger partial charge on any atom is -0.478 e. The van der Waals surface area contributed by atoms with Gasteiger partial charge in [0.25, 0.3) is 0 Å². The lowest BCUT2D eigenvalue weighted by Crippen LogP contribution is -2.41. The predicted molar refractivity (Wildman–Crippen MR) is 125 cm³/mol. The van der Waals surface area contributed by atoms with Crippen molar-refractivity contribution < 1.29 is 14.6 Å². The Labute approximate surface area is 190 Å². The normalized spacial score (nSPS) is 31.2. The monoisotopic (exact) mass is 446 g/mol. The number of nitrogens with zero attached hydrogens (tertiary/aromatic N) is 1. The Morgan fingerprint density at radius 2 is 1.90 bits per heavy atom. The molecule has 6 heteroatoms. The van der Waals surface area contributed by atoms with Crippen molar-refractivity contribution in [2.24, 2.45) is 5.92 Å². The fourth-order valence-electron chi connectivity index (χ4n) is 6.51. The Morgan fingerprint density at radius 1 is 1.06 bits per heavy atom. The van der Waals surface area contributed by atoms with Crippen LogP contribution >= 0.6 is 11.3 Å². The number of carbonyl (C=O) groups is 1. The number of ether oxygens (including phenoxy) is 1. The standard InChI is InChI=1S/C25H38N2O3S/c28-25(29)22-21-18-11-7-14-27(16-18)19(12-6-10-17-8-2-1-3-9-17)23(21)31-24(22)26-20-13-4-5-15-30-20/h17-20,26H,1-16H2,(H,28,29). The minimum absolute atomic E-state index is 0.0450. The molecule has 4 heterocycles. The van der Waals surface area contributed by atoms with Gasteiger partial charge in [0, 0.05) is 24.1 Å². The fraction of sp³-hybridized carbons (Fsp3) is 0.800. The molecule has 0 spiro atoms. The molecule has 1 aromatic heterocycles. The molecule has 4 unspecified atom stereocenters. The Hall–Kier alpha value is -1.11. The molecule has 1 saturated carbocycles. The van der Waals surface area contributed by atoms with Crippen LogP contribution in [0.3, 0.4) is 0 Å². The van der Waals surface area contributed by atoms with Crippen LogP contribution in [0.2, 0.25) is 0 Å². The molecule has 1 aliphatic carbocycles. The number of rotatable bonds is 7. The van der Waals surface area contributed by atoms with Crippen molar-refractivity contribution in [1.82, 2.24) is 4.90 Å². The van der Waals surface area contributed by atoms with E-state index in [1.807, 2.05) is 0 Å². The zero-order valence-corrected chi connectivity index (χ0v) is 19.6. The number of anilines is 1. The maximum Gasteiger partial charge on any atom is 0.339 e. The second-order valence-electron chi connectivity index (χ2n) is 10.2. The molecule has 2 bridgehead atoms. The van der Waals surface area contributed by atoms with E-state index in [9.17, 15) is 9.90 Å². The second-order valence-corrected chi connectivity index (χ2v) is 11.2. The van der Waals surface area contributed by atoms with E-state index in [4.69, 9.17) is 4.74 Å². The van der Waals surface area contributed by atoms with Crippen molar-refractivity contribution in [2.45, 2.75) is 102 Å². The van der Waals surface area contributed by atoms with E-state index in [2.05, 4.69) is 10.2 Å². The molecule has 2 N–H and O–H groups in total. The van der Waals surface area contributed by atoms with Gasteiger partial charge in [-0.1, -0.05) is 44.9 Å². The van der Waals surface area contributed by atoms with Crippen LogP contribution in [-0.4, -0.2) is 41.9 Å². The smallest absolute Gasteiger partial charge is 0.339 e. The first-order chi connectivity index (χ1) is 15.2. The molecule has 4 atom stereocenters. The summed E-state index contributed by atoms with van der Waals surface area (Å²) in [6, 6.07) is 0.404. The number of carboxylic acid groups (broad SMARTS) is 1. The highest BCUT2D eigenvalue weighted by atomic mass is 32.1. The van der Waals surface area contributed by atoms with Crippen LogP contribution in [-0.2, 0) is 4.74 Å². The van der Waals surface area contributed by atoms with Crippen LogP contribution in [0.5, 0.6) is 0 Å². The number of piperidine rings is 1. The summed E-state index contributed by atoms with van der Waals surface area (Å²) in [6.07, 6.45) is 16.3. The largest absolute Gasteiger partial charge is 0.478 e. The molecular weight excluding hydrogens is 408 g/mol. The van der Waals surface area contributed by atoms with Crippen LogP contribution in [0, 0.1) is 5.92 Å². The van der Waals surface area contributed by atoms with Gasteiger partial charge >= 0.3 is 5.97 Å². The summed E-state index contributed by atoms with van der Waals surface area (Å²) in [5.74, 6) is 0.531. The molecule has 31 heavy (non-hydrogen) atoms. The molecule has 0 aromatic carbocycles. The lowest BCUT2D eigenvalue weighted by molar-refractivity contribution is 0.0344. The highest BCUT2D eigenvalue weighted by Gasteiger charge is 2.41. The molecule has 1 aromatic rings. The average molecular weight is 447 g/mol. The number of carboxylic acids is 1. The van der Waals surface area contributed by atoms with Gasteiger partial charge in [0.15, 0.2) is 0 Å². The first kappa shape index (κ1) is 21.7. The second kappa shape index (κ2) is 9.80. The van der Waals surface area contributed by atoms with Crippen LogP contribution in [0.4, 0.5) is 5.00 Å². The summed E-state index contributed by atoms with van der Waals surface area (Å²) in [5.41, 5.74) is 1.72. The van der Waals surface area contributed by atoms with Crippen molar-refractivity contribution in [2.75, 3.05) is 25.0 Å². The summed E-state index contributed by atoms with van der Waals surface area (Å²) >= 11 is 1.72. The SMILES string of the molecule is O=C(O)c1c(NC2CCCCO2)sc2c1C1CCCN(C1)C2CCCC1CCCCC1. The summed E-state index contributed by atoms with van der Waals surface area (Å²) in [6.45, 7) is 2.97. The van der Waals surface area contributed by atoms with Crippen molar-refractivity contribution in [3.05, 3.63) is 16.0 Å². The molecule has 0 amide bonds. The molecular formula is C25H38N2O3S. The predicted octanol–water partition coefficient (Wildman–Crippen LogP) is 6.37. The number of fused-ring (bicyclic) bond motifs is 4. The van der Waals surface area contributed by atoms with Gasteiger partial charge in [-0.3, -0.25) is 4.90 Å². The van der Waals surface area contributed by atoms with E-state index >= 15 is 0 Å². The van der Waals surface area contributed by atoms with Gasteiger partial charge in [-0.2, -0.15) is 0 Å². The molecule has 5 rings (SSSR count). The quantitative estimate of drug-likeness (QED) is 0.509. The number of aromatic carboxylic acids is 1. The van der Waals surface area contributed by atoms with Gasteiger partial charge < -0.3 is 15.2 Å². The first-order valence-electron chi connectivity index (χ1n) is 12.7. The van der Waals surface area contributed by atoms with Gasteiger partial charge in [0.05, 0.1) is 5.56 Å². The first-order valence-corrected chi connectivity index (χ1v) is 13.5. The van der Waals surface area contributed by atoms with E-state index in [0.717, 1.165) is 55.3 Å². The van der Waals surface area contributed by atoms with E-state index in [1.165, 1.54) is 69.2 Å². The maximum atomic E-state index is 12.4. The third-order valence-corrected chi connectivity index (χ3v) is 9.32. The highest BCUT2D eigenvalue weighted by molar-refractivity contribution is 7.16. The summed E-state index contributed by atoms with van der Waals surface area (Å²) in [7, 11) is 0. The Balaban J connectivity index is 1.38. The van der Waals surface area contributed by atoms with Crippen molar-refractivity contribution in [3.8, 4) is 0 Å². The van der Waals surface area contributed by atoms with Crippen molar-refractivity contribution in [1.29, 1.82) is 0 Å². The summed E-state index contributed by atoms with van der Waals surface area (Å²) < 4.78 is 5.89. The maximum absolute atomic E-state index is 12.4. The van der Waals surface area contributed by atoms with Gasteiger partial charge in [-0.15, -0.1) is 11.3 Å². The molecule has 3 aliphatic heterocycles. The molecule has 172 valence electrons. The third kappa shape index (κ3) is 4.67. The number of nitrogens with one attached hydrogen (secondary N) is 1.